The van der Waals surface area contributed by atoms with Crippen molar-refractivity contribution in [3.05, 3.63) is 60.0 Å². The van der Waals surface area contributed by atoms with Crippen molar-refractivity contribution >= 4 is 17.8 Å². The fraction of sp³-hybridized carbons (Fsp3) is 0.552. The molecule has 0 fully saturated rings. The van der Waals surface area contributed by atoms with Crippen LogP contribution in [-0.2, 0) is 14.3 Å². The summed E-state index contributed by atoms with van der Waals surface area (Å²) in [5.41, 5.74) is 1.55. The second-order valence-corrected chi connectivity index (χ2v) is 10.3. The lowest BCUT2D eigenvalue weighted by Crippen LogP contribution is -2.49. The molecule has 0 aliphatic carbocycles. The number of amides is 1. The van der Waals surface area contributed by atoms with Crippen LogP contribution in [0.3, 0.4) is 0 Å². The number of rotatable bonds is 4. The molecule has 36 heavy (non-hydrogen) atoms. The molecule has 3 N–H and O–H groups in total. The Hall–Kier alpha value is -2.61. The molecule has 7 heteroatoms. The van der Waals surface area contributed by atoms with Gasteiger partial charge in [-0.2, -0.15) is 0 Å². The number of ether oxygens (including phenoxy) is 1. The fourth-order valence-corrected chi connectivity index (χ4v) is 4.31. The average Bonchev–Trinajstić information content (AvgIpc) is 2.84. The Morgan fingerprint density at radius 3 is 2.67 bits per heavy atom. The van der Waals surface area contributed by atoms with E-state index >= 15 is 0 Å². The molecule has 5 atom stereocenters. The molecule has 198 valence electrons. The third kappa shape index (κ3) is 8.22. The Bertz CT molecular complexity index is 954. The van der Waals surface area contributed by atoms with E-state index in [2.05, 4.69) is 23.0 Å². The highest BCUT2D eigenvalue weighted by atomic mass is 16.5. The van der Waals surface area contributed by atoms with Gasteiger partial charge in [0.2, 0.25) is 5.91 Å². The highest BCUT2D eigenvalue weighted by Crippen LogP contribution is 2.32. The van der Waals surface area contributed by atoms with E-state index in [9.17, 15) is 19.8 Å². The number of allylic oxidation sites excluding steroid dienone is 1. The van der Waals surface area contributed by atoms with Crippen molar-refractivity contribution in [1.29, 1.82) is 0 Å². The summed E-state index contributed by atoms with van der Waals surface area (Å²) in [4.78, 5) is 30.8. The Morgan fingerprint density at radius 2 is 2.03 bits per heavy atom. The van der Waals surface area contributed by atoms with Crippen molar-refractivity contribution < 1.29 is 24.5 Å². The molecule has 1 amide bonds. The second-order valence-electron chi connectivity index (χ2n) is 10.3. The molecule has 7 nitrogen and oxygen atoms in total. The van der Waals surface area contributed by atoms with Crippen LogP contribution in [0.15, 0.2) is 54.3 Å². The van der Waals surface area contributed by atoms with Gasteiger partial charge in [-0.05, 0) is 63.8 Å². The van der Waals surface area contributed by atoms with E-state index in [0.29, 0.717) is 19.4 Å². The standard InChI is InChI=1S/C29H42N2O5/c1-7-10-23-27(34)21(4)36-16-14-19(2)12-13-24(20(3)17-22-11-8-9-15-30-22)31-26(33)18-25(32)29(5,6)28(23)35/h7-9,11-12,15,17,21,23-25,27,32,34H,1,10,13-14,16,18H2,2-6H3,(H,31,33)/b19-12-,20-17+/t21-,23-,24+,25+,27-/m1/s1. The quantitative estimate of drug-likeness (QED) is 0.541. The van der Waals surface area contributed by atoms with E-state index in [1.54, 1.807) is 33.0 Å². The van der Waals surface area contributed by atoms with E-state index in [0.717, 1.165) is 16.8 Å². The number of hydrogen-bond acceptors (Lipinski definition) is 6. The zero-order valence-electron chi connectivity index (χ0n) is 22.2. The molecule has 0 spiro atoms. The van der Waals surface area contributed by atoms with Crippen molar-refractivity contribution in [3.8, 4) is 0 Å². The van der Waals surface area contributed by atoms with Gasteiger partial charge < -0.3 is 20.3 Å². The zero-order chi connectivity index (χ0) is 26.9. The van der Waals surface area contributed by atoms with Gasteiger partial charge in [-0.25, -0.2) is 0 Å². The van der Waals surface area contributed by atoms with E-state index in [4.69, 9.17) is 4.74 Å². The SMILES string of the molecule is C=CC[C@H]1C(=O)C(C)(C)[C@@H](O)CC(=O)N[C@H](/C(C)=C/c2ccccn2)C/C=C(/C)CCO[C@H](C)[C@H]1O. The predicted octanol–water partition coefficient (Wildman–Crippen LogP) is 4.01. The summed E-state index contributed by atoms with van der Waals surface area (Å²) in [6, 6.07) is 5.34. The Morgan fingerprint density at radius 1 is 1.31 bits per heavy atom. The predicted molar refractivity (Wildman–Crippen MR) is 142 cm³/mol. The highest BCUT2D eigenvalue weighted by molar-refractivity contribution is 5.88. The van der Waals surface area contributed by atoms with Crippen LogP contribution in [0.4, 0.5) is 0 Å². The molecule has 0 aromatic carbocycles. The first kappa shape index (κ1) is 29.6. The maximum absolute atomic E-state index is 13.5. The van der Waals surface area contributed by atoms with Crippen LogP contribution in [0.25, 0.3) is 6.08 Å². The van der Waals surface area contributed by atoms with Gasteiger partial charge in [-0.3, -0.25) is 14.6 Å². The van der Waals surface area contributed by atoms with Gasteiger partial charge in [0.1, 0.15) is 5.78 Å². The highest BCUT2D eigenvalue weighted by Gasteiger charge is 2.43. The summed E-state index contributed by atoms with van der Waals surface area (Å²) in [6.07, 6.45) is 5.66. The summed E-state index contributed by atoms with van der Waals surface area (Å²) in [7, 11) is 0. The molecular formula is C29H42N2O5. The molecule has 0 saturated carbocycles. The number of nitrogens with zero attached hydrogens (tertiary/aromatic N) is 1. The molecule has 0 unspecified atom stereocenters. The van der Waals surface area contributed by atoms with Gasteiger partial charge >= 0.3 is 0 Å². The van der Waals surface area contributed by atoms with Crippen molar-refractivity contribution in [3.63, 3.8) is 0 Å². The number of carbonyl (C=O) groups is 2. The van der Waals surface area contributed by atoms with Crippen LogP contribution < -0.4 is 5.32 Å². The number of aliphatic hydroxyl groups is 2. The summed E-state index contributed by atoms with van der Waals surface area (Å²) >= 11 is 0. The number of aliphatic hydroxyl groups excluding tert-OH is 2. The van der Waals surface area contributed by atoms with Gasteiger partial charge in [-0.15, -0.1) is 6.58 Å². The van der Waals surface area contributed by atoms with Crippen molar-refractivity contribution in [2.45, 2.75) is 84.7 Å². The number of Topliss-reactive ketones (excluding diaryl/α,β-unsaturated/α-hetero) is 1. The third-order valence-electron chi connectivity index (χ3n) is 7.02. The molecule has 2 heterocycles. The Labute approximate surface area is 215 Å². The van der Waals surface area contributed by atoms with E-state index in [1.807, 2.05) is 38.1 Å². The lowest BCUT2D eigenvalue weighted by molar-refractivity contribution is -0.146. The summed E-state index contributed by atoms with van der Waals surface area (Å²) in [6.45, 7) is 13.0. The minimum atomic E-state index is -1.26. The van der Waals surface area contributed by atoms with Gasteiger partial charge in [0.25, 0.3) is 0 Å². The van der Waals surface area contributed by atoms with Crippen LogP contribution >= 0.6 is 0 Å². The van der Waals surface area contributed by atoms with Crippen LogP contribution in [0.2, 0.25) is 0 Å². The van der Waals surface area contributed by atoms with Gasteiger partial charge in [-0.1, -0.05) is 37.6 Å². The van der Waals surface area contributed by atoms with Crippen molar-refractivity contribution in [2.24, 2.45) is 11.3 Å². The maximum Gasteiger partial charge on any atom is 0.223 e. The smallest absolute Gasteiger partial charge is 0.223 e. The monoisotopic (exact) mass is 498 g/mol. The minimum Gasteiger partial charge on any atom is -0.392 e. The molecular weight excluding hydrogens is 456 g/mol. The first-order valence-electron chi connectivity index (χ1n) is 12.6. The molecule has 0 bridgehead atoms. The van der Waals surface area contributed by atoms with Gasteiger partial charge in [0.15, 0.2) is 0 Å². The molecule has 0 saturated heterocycles. The number of pyridine rings is 1. The number of nitrogens with one attached hydrogen (secondary N) is 1. The number of carbonyl (C=O) groups excluding carboxylic acids is 2. The normalized spacial score (nSPS) is 30.7. The van der Waals surface area contributed by atoms with E-state index in [1.165, 1.54) is 0 Å². The van der Waals surface area contributed by atoms with Crippen LogP contribution in [-0.4, -0.2) is 57.8 Å². The van der Waals surface area contributed by atoms with E-state index < -0.39 is 29.6 Å². The van der Waals surface area contributed by atoms with Crippen molar-refractivity contribution in [1.82, 2.24) is 10.3 Å². The van der Waals surface area contributed by atoms with Gasteiger partial charge in [0.05, 0.1) is 54.4 Å². The molecule has 1 aliphatic heterocycles. The number of aromatic nitrogens is 1. The Kier molecular flexibility index (Phi) is 11.2. The first-order chi connectivity index (χ1) is 17.0. The summed E-state index contributed by atoms with van der Waals surface area (Å²) in [5.74, 6) is -1.47. The largest absolute Gasteiger partial charge is 0.392 e. The lowest BCUT2D eigenvalue weighted by Gasteiger charge is -2.35. The third-order valence-corrected chi connectivity index (χ3v) is 7.02. The fourth-order valence-electron chi connectivity index (χ4n) is 4.31. The summed E-state index contributed by atoms with van der Waals surface area (Å²) in [5, 5.41) is 24.9. The lowest BCUT2D eigenvalue weighted by atomic mass is 9.72. The topological polar surface area (TPSA) is 109 Å². The number of hydrogen-bond donors (Lipinski definition) is 3. The molecule has 1 aromatic heterocycles. The maximum atomic E-state index is 13.5. The van der Waals surface area contributed by atoms with Crippen LogP contribution in [0, 0.1) is 11.3 Å². The van der Waals surface area contributed by atoms with Crippen molar-refractivity contribution in [2.75, 3.05) is 6.61 Å². The molecule has 1 aromatic rings. The first-order valence-corrected chi connectivity index (χ1v) is 12.6. The second kappa shape index (κ2) is 13.6. The summed E-state index contributed by atoms with van der Waals surface area (Å²) < 4.78 is 5.89. The zero-order valence-corrected chi connectivity index (χ0v) is 22.2. The van der Waals surface area contributed by atoms with Gasteiger partial charge in [0, 0.05) is 6.20 Å². The molecule has 1 aliphatic rings. The van der Waals surface area contributed by atoms with Crippen LogP contribution in [0.5, 0.6) is 0 Å². The molecule has 2 rings (SSSR count). The minimum absolute atomic E-state index is 0.238. The molecule has 0 radical (unpaired) electrons. The Balaban J connectivity index is 2.37. The van der Waals surface area contributed by atoms with E-state index in [-0.39, 0.29) is 30.6 Å². The number of ketones is 1. The van der Waals surface area contributed by atoms with Crippen LogP contribution in [0.1, 0.15) is 66.0 Å². The average molecular weight is 499 g/mol.